The number of fused-ring (bicyclic) bond motifs is 2. The van der Waals surface area contributed by atoms with Crippen molar-refractivity contribution in [2.24, 2.45) is 11.8 Å². The number of carbonyl (C=O) groups excluding carboxylic acids is 1. The lowest BCUT2D eigenvalue weighted by Crippen LogP contribution is -2.66. The van der Waals surface area contributed by atoms with Crippen LogP contribution in [0.3, 0.4) is 0 Å². The second kappa shape index (κ2) is 14.5. The molecule has 0 bridgehead atoms. The summed E-state index contributed by atoms with van der Waals surface area (Å²) in [6, 6.07) is 35.8. The molecular formula is C46H51FN2O4Si. The maximum atomic E-state index is 14.7. The maximum Gasteiger partial charge on any atom is 0.261 e. The van der Waals surface area contributed by atoms with Gasteiger partial charge in [-0.15, -0.1) is 0 Å². The van der Waals surface area contributed by atoms with Gasteiger partial charge in [0.05, 0.1) is 24.7 Å². The molecule has 4 aromatic carbocycles. The van der Waals surface area contributed by atoms with Gasteiger partial charge in [-0.1, -0.05) is 107 Å². The molecule has 6 aromatic rings. The standard InChI is InChI=1S/C46H51FN2O4Si/c1-31-24-35(47)30-48(28-31)45(50)34-26-41(51-5)43-38(22-23-52-54(46(2,3)4,36-15-8-6-9-16-36)37-17-10-7-11-18-37)44(53-42(43)27-34)40-25-33-14-12-13-19-39(33)49(40)29-32-20-21-32/h6-19,25-27,31-32,35H,20-24,28-30H2,1-5H3/t31-,35-/m1/s1. The number of para-hydroxylation sites is 1. The molecule has 2 aromatic heterocycles. The number of alkyl halides is 1. The van der Waals surface area contributed by atoms with Crippen LogP contribution in [0, 0.1) is 11.8 Å². The minimum atomic E-state index is -2.82. The van der Waals surface area contributed by atoms with Crippen LogP contribution in [0.15, 0.2) is 108 Å². The largest absolute Gasteiger partial charge is 0.496 e. The van der Waals surface area contributed by atoms with Crippen LogP contribution in [0.1, 0.15) is 62.9 Å². The van der Waals surface area contributed by atoms with Crippen molar-refractivity contribution in [3.05, 3.63) is 114 Å². The van der Waals surface area contributed by atoms with Crippen LogP contribution in [0.4, 0.5) is 4.39 Å². The van der Waals surface area contributed by atoms with E-state index in [2.05, 4.69) is 116 Å². The summed E-state index contributed by atoms with van der Waals surface area (Å²) >= 11 is 0. The van der Waals surface area contributed by atoms with Crippen LogP contribution in [-0.2, 0) is 17.4 Å². The van der Waals surface area contributed by atoms with E-state index in [1.54, 1.807) is 12.0 Å². The number of piperidine rings is 1. The Kier molecular flexibility index (Phi) is 9.77. The molecule has 2 aliphatic rings. The number of ether oxygens (including phenoxy) is 1. The minimum Gasteiger partial charge on any atom is -0.496 e. The predicted octanol–water partition coefficient (Wildman–Crippen LogP) is 9.41. The third kappa shape index (κ3) is 6.68. The molecule has 1 aliphatic heterocycles. The normalized spacial score (nSPS) is 18.1. The Bertz CT molecular complexity index is 2220. The van der Waals surface area contributed by atoms with Crippen molar-refractivity contribution in [3.8, 4) is 17.2 Å². The Morgan fingerprint density at radius 2 is 1.57 bits per heavy atom. The van der Waals surface area contributed by atoms with Gasteiger partial charge < -0.3 is 23.0 Å². The van der Waals surface area contributed by atoms with Gasteiger partial charge >= 0.3 is 0 Å². The number of methoxy groups -OCH3 is 1. The highest BCUT2D eigenvalue weighted by Gasteiger charge is 2.50. The Hall–Kier alpha value is -4.66. The summed E-state index contributed by atoms with van der Waals surface area (Å²) in [5.74, 6) is 1.86. The second-order valence-corrected chi connectivity index (χ2v) is 20.8. The van der Waals surface area contributed by atoms with E-state index in [4.69, 9.17) is 13.6 Å². The third-order valence-electron chi connectivity index (χ3n) is 11.5. The average molecular weight is 743 g/mol. The summed E-state index contributed by atoms with van der Waals surface area (Å²) in [6.07, 6.45) is 2.45. The Labute approximate surface area is 319 Å². The first-order valence-corrected chi connectivity index (χ1v) is 21.4. The van der Waals surface area contributed by atoms with Crippen LogP contribution >= 0.6 is 0 Å². The van der Waals surface area contributed by atoms with Gasteiger partial charge in [-0.05, 0) is 77.2 Å². The molecular weight excluding hydrogens is 692 g/mol. The van der Waals surface area contributed by atoms with Gasteiger partial charge in [0, 0.05) is 41.7 Å². The van der Waals surface area contributed by atoms with Gasteiger partial charge in [0.25, 0.3) is 14.2 Å². The van der Waals surface area contributed by atoms with E-state index in [1.165, 1.54) is 28.7 Å². The Morgan fingerprint density at radius 1 is 0.907 bits per heavy atom. The summed E-state index contributed by atoms with van der Waals surface area (Å²) in [6.45, 7) is 10.9. The number of carbonyl (C=O) groups is 1. The Balaban J connectivity index is 1.26. The van der Waals surface area contributed by atoms with Crippen LogP contribution in [-0.4, -0.2) is 56.7 Å². The minimum absolute atomic E-state index is 0.0917. The number of nitrogens with zero attached hydrogens (tertiary/aromatic N) is 2. The van der Waals surface area contributed by atoms with Crippen molar-refractivity contribution in [3.63, 3.8) is 0 Å². The molecule has 8 rings (SSSR count). The van der Waals surface area contributed by atoms with Crippen molar-refractivity contribution < 1.29 is 22.8 Å². The molecule has 1 amide bonds. The fourth-order valence-corrected chi connectivity index (χ4v) is 13.4. The van der Waals surface area contributed by atoms with Crippen molar-refractivity contribution in [2.75, 3.05) is 26.8 Å². The first kappa shape index (κ1) is 36.3. The second-order valence-electron chi connectivity index (χ2n) is 16.5. The topological polar surface area (TPSA) is 56.8 Å². The number of amides is 1. The van der Waals surface area contributed by atoms with E-state index in [9.17, 15) is 9.18 Å². The van der Waals surface area contributed by atoms with E-state index in [0.717, 1.165) is 34.3 Å². The number of hydrogen-bond donors (Lipinski definition) is 0. The molecule has 0 radical (unpaired) electrons. The van der Waals surface area contributed by atoms with E-state index in [0.29, 0.717) is 48.8 Å². The van der Waals surface area contributed by atoms with Crippen molar-refractivity contribution in [2.45, 2.75) is 71.1 Å². The number of rotatable bonds is 11. The smallest absolute Gasteiger partial charge is 0.261 e. The molecule has 280 valence electrons. The van der Waals surface area contributed by atoms with Crippen molar-refractivity contribution in [1.29, 1.82) is 0 Å². The molecule has 0 spiro atoms. The van der Waals surface area contributed by atoms with E-state index >= 15 is 0 Å². The highest BCUT2D eigenvalue weighted by Crippen LogP contribution is 2.44. The summed E-state index contributed by atoms with van der Waals surface area (Å²) < 4.78 is 37.6. The molecule has 8 heteroatoms. The highest BCUT2D eigenvalue weighted by atomic mass is 28.4. The fourth-order valence-electron chi connectivity index (χ4n) is 8.83. The number of halogens is 1. The number of likely N-dealkylation sites (tertiary alicyclic amines) is 1. The molecule has 54 heavy (non-hydrogen) atoms. The first-order valence-electron chi connectivity index (χ1n) is 19.5. The predicted molar refractivity (Wildman–Crippen MR) is 218 cm³/mol. The maximum absolute atomic E-state index is 14.7. The van der Waals surface area contributed by atoms with Gasteiger partial charge in [-0.25, -0.2) is 4.39 Å². The van der Waals surface area contributed by atoms with Crippen molar-refractivity contribution >= 4 is 46.5 Å². The van der Waals surface area contributed by atoms with Crippen LogP contribution in [0.2, 0.25) is 5.04 Å². The number of furan rings is 1. The quantitative estimate of drug-likeness (QED) is 0.124. The monoisotopic (exact) mass is 742 g/mol. The fraction of sp³-hybridized carbons (Fsp3) is 0.370. The average Bonchev–Trinajstić information content (AvgIpc) is 3.82. The van der Waals surface area contributed by atoms with E-state index < -0.39 is 14.5 Å². The summed E-state index contributed by atoms with van der Waals surface area (Å²) in [4.78, 5) is 15.6. The molecule has 1 saturated carbocycles. The number of aromatic nitrogens is 1. The summed E-state index contributed by atoms with van der Waals surface area (Å²) in [7, 11) is -1.18. The lowest BCUT2D eigenvalue weighted by atomic mass is 9.97. The molecule has 3 heterocycles. The molecule has 1 aliphatic carbocycles. The third-order valence-corrected chi connectivity index (χ3v) is 16.5. The lowest BCUT2D eigenvalue weighted by molar-refractivity contribution is 0.0555. The SMILES string of the molecule is COc1cc(C(=O)N2C[C@H](C)C[C@@H](F)C2)cc2oc(-c3cc4ccccc4n3CC3CC3)c(CCO[Si](c3ccccc3)(c3ccccc3)C(C)(C)C)c12. The zero-order valence-electron chi connectivity index (χ0n) is 32.1. The van der Waals surface area contributed by atoms with Crippen LogP contribution < -0.4 is 15.1 Å². The molecule has 2 atom stereocenters. The lowest BCUT2D eigenvalue weighted by Gasteiger charge is -2.43. The van der Waals surface area contributed by atoms with Gasteiger partial charge in [-0.3, -0.25) is 4.79 Å². The molecule has 1 saturated heterocycles. The zero-order chi connectivity index (χ0) is 37.6. The van der Waals surface area contributed by atoms with E-state index in [-0.39, 0.29) is 23.4 Å². The molecule has 0 N–H and O–H groups in total. The Morgan fingerprint density at radius 3 is 2.20 bits per heavy atom. The van der Waals surface area contributed by atoms with E-state index in [1.807, 2.05) is 19.1 Å². The highest BCUT2D eigenvalue weighted by molar-refractivity contribution is 6.99. The molecule has 2 fully saturated rings. The van der Waals surface area contributed by atoms with Crippen LogP contribution in [0.25, 0.3) is 33.3 Å². The van der Waals surface area contributed by atoms with Crippen LogP contribution in [0.5, 0.6) is 5.75 Å². The van der Waals surface area contributed by atoms with Gasteiger partial charge in [0.1, 0.15) is 17.5 Å². The van der Waals surface area contributed by atoms with Gasteiger partial charge in [-0.2, -0.15) is 0 Å². The number of hydrogen-bond acceptors (Lipinski definition) is 4. The van der Waals surface area contributed by atoms with Crippen molar-refractivity contribution in [1.82, 2.24) is 9.47 Å². The zero-order valence-corrected chi connectivity index (χ0v) is 33.1. The summed E-state index contributed by atoms with van der Waals surface area (Å²) in [5, 5.41) is 4.29. The molecule has 6 nitrogen and oxygen atoms in total. The number of benzene rings is 4. The van der Waals surface area contributed by atoms with Gasteiger partial charge in [0.15, 0.2) is 5.76 Å². The molecule has 0 unspecified atom stereocenters. The van der Waals surface area contributed by atoms with Gasteiger partial charge in [0.2, 0.25) is 0 Å². The first-order chi connectivity index (χ1) is 26.1. The summed E-state index contributed by atoms with van der Waals surface area (Å²) in [5.41, 5.74) is 4.21.